The number of non-ortho nitro benzene ring substituents is 1. The summed E-state index contributed by atoms with van der Waals surface area (Å²) in [6.07, 6.45) is 2.65. The summed E-state index contributed by atoms with van der Waals surface area (Å²) in [4.78, 5) is 37.4. The second-order valence-corrected chi connectivity index (χ2v) is 7.78. The van der Waals surface area contributed by atoms with Crippen LogP contribution in [0, 0.1) is 10.1 Å². The molecule has 1 amide bonds. The van der Waals surface area contributed by atoms with Crippen molar-refractivity contribution in [1.82, 2.24) is 9.47 Å². The Kier molecular flexibility index (Phi) is 6.25. The first kappa shape index (κ1) is 21.6. The third kappa shape index (κ3) is 4.37. The molecule has 1 unspecified atom stereocenters. The van der Waals surface area contributed by atoms with E-state index in [4.69, 9.17) is 9.15 Å². The lowest BCUT2D eigenvalue weighted by Crippen LogP contribution is -2.30. The number of nitro benzene ring substituents is 1. The number of benzene rings is 2. The van der Waals surface area contributed by atoms with Crippen LogP contribution in [-0.4, -0.2) is 33.4 Å². The van der Waals surface area contributed by atoms with Gasteiger partial charge in [-0.3, -0.25) is 19.5 Å². The lowest BCUT2D eigenvalue weighted by atomic mass is 10.0. The van der Waals surface area contributed by atoms with Crippen LogP contribution < -0.4 is 10.5 Å². The van der Waals surface area contributed by atoms with Crippen LogP contribution in [0.3, 0.4) is 0 Å². The Morgan fingerprint density at radius 1 is 1.25 bits per heavy atom. The van der Waals surface area contributed by atoms with E-state index in [0.717, 1.165) is 30.7 Å². The van der Waals surface area contributed by atoms with Gasteiger partial charge in [-0.25, -0.2) is 4.79 Å². The smallest absolute Gasteiger partial charge is 0.419 e. The second kappa shape index (κ2) is 9.25. The van der Waals surface area contributed by atoms with Gasteiger partial charge in [-0.1, -0.05) is 12.1 Å². The molecule has 1 saturated heterocycles. The fourth-order valence-electron chi connectivity index (χ4n) is 4.28. The standard InChI is InChI=1S/C23H25N3O6/c1-2-31-18-10-7-16(8-11-18)19-5-3-13-24(19)22(27)6-4-14-25-20-12-9-17(26(29)30)15-21(20)32-23(25)28/h7-12,15,19H,2-6,13-14H2,1H3. The first-order chi connectivity index (χ1) is 15.5. The van der Waals surface area contributed by atoms with Crippen molar-refractivity contribution in [3.8, 4) is 5.75 Å². The molecule has 0 aliphatic carbocycles. The van der Waals surface area contributed by atoms with Crippen LogP contribution in [-0.2, 0) is 11.3 Å². The minimum Gasteiger partial charge on any atom is -0.494 e. The summed E-state index contributed by atoms with van der Waals surface area (Å²) in [5.74, 6) is 0.287. The van der Waals surface area contributed by atoms with Crippen molar-refractivity contribution >= 4 is 22.7 Å². The highest BCUT2D eigenvalue weighted by atomic mass is 16.6. The number of aryl methyl sites for hydroxylation is 1. The summed E-state index contributed by atoms with van der Waals surface area (Å²) in [6.45, 7) is 3.57. The van der Waals surface area contributed by atoms with Crippen LogP contribution in [0.5, 0.6) is 5.75 Å². The molecule has 2 heterocycles. The van der Waals surface area contributed by atoms with Gasteiger partial charge in [0.25, 0.3) is 5.69 Å². The van der Waals surface area contributed by atoms with Crippen molar-refractivity contribution in [2.75, 3.05) is 13.2 Å². The zero-order valence-electron chi connectivity index (χ0n) is 17.9. The lowest BCUT2D eigenvalue weighted by molar-refractivity contribution is -0.384. The van der Waals surface area contributed by atoms with E-state index in [1.54, 1.807) is 0 Å². The van der Waals surface area contributed by atoms with Crippen LogP contribution in [0.2, 0.25) is 0 Å². The molecule has 1 aliphatic rings. The van der Waals surface area contributed by atoms with Gasteiger partial charge >= 0.3 is 5.76 Å². The summed E-state index contributed by atoms with van der Waals surface area (Å²) in [5.41, 5.74) is 1.62. The Labute approximate surface area is 184 Å². The summed E-state index contributed by atoms with van der Waals surface area (Å²) < 4.78 is 12.1. The zero-order chi connectivity index (χ0) is 22.7. The molecule has 9 heteroatoms. The fraction of sp³-hybridized carbons (Fsp3) is 0.391. The molecule has 0 spiro atoms. The molecule has 0 N–H and O–H groups in total. The van der Waals surface area contributed by atoms with Crippen molar-refractivity contribution in [3.63, 3.8) is 0 Å². The molecule has 9 nitrogen and oxygen atoms in total. The van der Waals surface area contributed by atoms with E-state index in [1.165, 1.54) is 22.8 Å². The Bertz CT molecular complexity index is 1180. The molecule has 1 atom stereocenters. The van der Waals surface area contributed by atoms with Gasteiger partial charge in [0, 0.05) is 25.6 Å². The van der Waals surface area contributed by atoms with Crippen molar-refractivity contribution in [3.05, 3.63) is 68.7 Å². The van der Waals surface area contributed by atoms with Gasteiger partial charge in [0.1, 0.15) is 5.75 Å². The zero-order valence-corrected chi connectivity index (χ0v) is 17.9. The van der Waals surface area contributed by atoms with Gasteiger partial charge in [-0.05, 0) is 49.9 Å². The Morgan fingerprint density at radius 3 is 2.75 bits per heavy atom. The SMILES string of the molecule is CCOc1ccc(C2CCCN2C(=O)CCCn2c(=O)oc3cc([N+](=O)[O-])ccc32)cc1. The Balaban J connectivity index is 1.40. The van der Waals surface area contributed by atoms with Crippen LogP contribution >= 0.6 is 0 Å². The number of hydrogen-bond acceptors (Lipinski definition) is 6. The van der Waals surface area contributed by atoms with E-state index < -0.39 is 10.7 Å². The van der Waals surface area contributed by atoms with Gasteiger partial charge in [0.2, 0.25) is 5.91 Å². The van der Waals surface area contributed by atoms with Gasteiger partial charge in [-0.15, -0.1) is 0 Å². The van der Waals surface area contributed by atoms with Gasteiger partial charge in [0.15, 0.2) is 5.58 Å². The Hall–Kier alpha value is -3.62. The summed E-state index contributed by atoms with van der Waals surface area (Å²) in [5, 5.41) is 10.9. The minimum atomic E-state index is -0.582. The molecule has 1 aromatic heterocycles. The number of oxazole rings is 1. The van der Waals surface area contributed by atoms with Crippen molar-refractivity contribution in [1.29, 1.82) is 0 Å². The number of hydrogen-bond donors (Lipinski definition) is 0. The lowest BCUT2D eigenvalue weighted by Gasteiger charge is -2.25. The van der Waals surface area contributed by atoms with Gasteiger partial charge in [0.05, 0.1) is 29.2 Å². The van der Waals surface area contributed by atoms with E-state index in [1.807, 2.05) is 36.1 Å². The molecular weight excluding hydrogens is 414 g/mol. The number of nitro groups is 1. The van der Waals surface area contributed by atoms with Gasteiger partial charge < -0.3 is 14.1 Å². The number of aromatic nitrogens is 1. The van der Waals surface area contributed by atoms with Gasteiger partial charge in [-0.2, -0.15) is 0 Å². The number of carbonyl (C=O) groups excluding carboxylic acids is 1. The number of rotatable bonds is 8. The van der Waals surface area contributed by atoms with Crippen molar-refractivity contribution < 1.29 is 18.9 Å². The molecule has 168 valence electrons. The van der Waals surface area contributed by atoms with Crippen LogP contribution in [0.25, 0.3) is 11.1 Å². The summed E-state index contributed by atoms with van der Waals surface area (Å²) in [6, 6.07) is 12.0. The maximum Gasteiger partial charge on any atom is 0.419 e. The van der Waals surface area contributed by atoms with E-state index in [0.29, 0.717) is 31.5 Å². The second-order valence-electron chi connectivity index (χ2n) is 7.78. The molecule has 0 saturated carbocycles. The molecule has 3 aromatic rings. The normalized spacial score (nSPS) is 15.9. The largest absolute Gasteiger partial charge is 0.494 e. The van der Waals surface area contributed by atoms with E-state index in [2.05, 4.69) is 0 Å². The molecule has 2 aromatic carbocycles. The minimum absolute atomic E-state index is 0.0520. The maximum atomic E-state index is 12.9. The summed E-state index contributed by atoms with van der Waals surface area (Å²) in [7, 11) is 0. The number of fused-ring (bicyclic) bond motifs is 1. The van der Waals surface area contributed by atoms with E-state index in [-0.39, 0.29) is 23.2 Å². The van der Waals surface area contributed by atoms with Crippen LogP contribution in [0.1, 0.15) is 44.2 Å². The first-order valence-electron chi connectivity index (χ1n) is 10.8. The highest BCUT2D eigenvalue weighted by Gasteiger charge is 2.29. The van der Waals surface area contributed by atoms with Crippen LogP contribution in [0.15, 0.2) is 51.7 Å². The predicted octanol–water partition coefficient (Wildman–Crippen LogP) is 4.05. The quantitative estimate of drug-likeness (QED) is 0.387. The number of likely N-dealkylation sites (tertiary alicyclic amines) is 1. The third-order valence-electron chi connectivity index (χ3n) is 5.78. The summed E-state index contributed by atoms with van der Waals surface area (Å²) >= 11 is 0. The molecule has 4 rings (SSSR count). The molecule has 0 bridgehead atoms. The maximum absolute atomic E-state index is 12.9. The first-order valence-corrected chi connectivity index (χ1v) is 10.8. The molecule has 0 radical (unpaired) electrons. The topological polar surface area (TPSA) is 108 Å². The Morgan fingerprint density at radius 2 is 2.03 bits per heavy atom. The van der Waals surface area contributed by atoms with E-state index in [9.17, 15) is 19.7 Å². The number of nitrogens with zero attached hydrogens (tertiary/aromatic N) is 3. The van der Waals surface area contributed by atoms with E-state index >= 15 is 0 Å². The number of amides is 1. The highest BCUT2D eigenvalue weighted by molar-refractivity contribution is 5.77. The number of carbonyl (C=O) groups is 1. The average molecular weight is 439 g/mol. The van der Waals surface area contributed by atoms with Crippen molar-refractivity contribution in [2.24, 2.45) is 0 Å². The molecule has 1 aliphatic heterocycles. The molecule has 1 fully saturated rings. The number of ether oxygens (including phenoxy) is 1. The monoisotopic (exact) mass is 439 g/mol. The predicted molar refractivity (Wildman–Crippen MR) is 118 cm³/mol. The molecular formula is C23H25N3O6. The highest BCUT2D eigenvalue weighted by Crippen LogP contribution is 2.33. The molecule has 32 heavy (non-hydrogen) atoms. The van der Waals surface area contributed by atoms with Crippen LogP contribution in [0.4, 0.5) is 5.69 Å². The fourth-order valence-corrected chi connectivity index (χ4v) is 4.28. The van der Waals surface area contributed by atoms with Crippen molar-refractivity contribution in [2.45, 2.75) is 45.2 Å². The third-order valence-corrected chi connectivity index (χ3v) is 5.78. The average Bonchev–Trinajstić information content (AvgIpc) is 3.39.